The average molecular weight is 366 g/mol. The standard InChI is InChI=1S/C21H22N2O2S/c1-4-25-19-9-7-18(8-10-19)23-12-11-22-20(21(23)24)26-14-17-13-15(2)5-6-16(17)3/h5-13H,4,14H2,1-3H3. The topological polar surface area (TPSA) is 44.1 Å². The Morgan fingerprint density at radius 1 is 1.12 bits per heavy atom. The van der Waals surface area contributed by atoms with Gasteiger partial charge < -0.3 is 4.74 Å². The number of thioether (sulfide) groups is 1. The predicted molar refractivity (Wildman–Crippen MR) is 106 cm³/mol. The lowest BCUT2D eigenvalue weighted by Gasteiger charge is -2.10. The number of ether oxygens (including phenoxy) is 1. The number of hydrogen-bond acceptors (Lipinski definition) is 4. The second kappa shape index (κ2) is 8.23. The van der Waals surface area contributed by atoms with Crippen molar-refractivity contribution in [2.75, 3.05) is 6.61 Å². The maximum absolute atomic E-state index is 12.8. The Labute approximate surface area is 157 Å². The molecule has 0 atom stereocenters. The van der Waals surface area contributed by atoms with Crippen LogP contribution in [0.15, 0.2) is 64.7 Å². The van der Waals surface area contributed by atoms with Crippen molar-refractivity contribution in [3.63, 3.8) is 0 Å². The van der Waals surface area contributed by atoms with Gasteiger partial charge in [-0.3, -0.25) is 9.36 Å². The molecule has 0 saturated heterocycles. The number of nitrogens with zero attached hydrogens (tertiary/aromatic N) is 2. The van der Waals surface area contributed by atoms with Gasteiger partial charge in [-0.1, -0.05) is 35.5 Å². The molecule has 26 heavy (non-hydrogen) atoms. The summed E-state index contributed by atoms with van der Waals surface area (Å²) in [6.07, 6.45) is 3.36. The minimum atomic E-state index is -0.105. The molecule has 0 bridgehead atoms. The van der Waals surface area contributed by atoms with Crippen LogP contribution in [0.1, 0.15) is 23.6 Å². The highest BCUT2D eigenvalue weighted by Crippen LogP contribution is 2.22. The molecular formula is C21H22N2O2S. The number of benzene rings is 2. The van der Waals surface area contributed by atoms with Crippen molar-refractivity contribution >= 4 is 11.8 Å². The van der Waals surface area contributed by atoms with Crippen LogP contribution >= 0.6 is 11.8 Å². The van der Waals surface area contributed by atoms with Crippen molar-refractivity contribution in [3.8, 4) is 11.4 Å². The van der Waals surface area contributed by atoms with Crippen LogP contribution in [0, 0.1) is 13.8 Å². The van der Waals surface area contributed by atoms with Crippen LogP contribution in [-0.2, 0) is 5.75 Å². The molecule has 5 heteroatoms. The molecule has 134 valence electrons. The molecular weight excluding hydrogens is 344 g/mol. The maximum Gasteiger partial charge on any atom is 0.287 e. The van der Waals surface area contributed by atoms with Crippen molar-refractivity contribution in [1.82, 2.24) is 9.55 Å². The van der Waals surface area contributed by atoms with E-state index in [4.69, 9.17) is 4.74 Å². The van der Waals surface area contributed by atoms with Gasteiger partial charge in [0.2, 0.25) is 0 Å². The van der Waals surface area contributed by atoms with Crippen LogP contribution in [0.3, 0.4) is 0 Å². The minimum Gasteiger partial charge on any atom is -0.494 e. The summed E-state index contributed by atoms with van der Waals surface area (Å²) in [4.78, 5) is 17.1. The average Bonchev–Trinajstić information content (AvgIpc) is 2.64. The zero-order valence-electron chi connectivity index (χ0n) is 15.2. The second-order valence-electron chi connectivity index (χ2n) is 6.05. The molecule has 0 saturated carbocycles. The molecule has 0 N–H and O–H groups in total. The molecule has 0 unspecified atom stereocenters. The number of aromatic nitrogens is 2. The van der Waals surface area contributed by atoms with E-state index in [1.54, 1.807) is 17.0 Å². The lowest BCUT2D eigenvalue weighted by Crippen LogP contribution is -2.20. The normalized spacial score (nSPS) is 10.7. The van der Waals surface area contributed by atoms with E-state index in [-0.39, 0.29) is 5.56 Å². The van der Waals surface area contributed by atoms with Gasteiger partial charge in [0.05, 0.1) is 6.61 Å². The summed E-state index contributed by atoms with van der Waals surface area (Å²) in [7, 11) is 0. The first-order valence-electron chi connectivity index (χ1n) is 8.58. The zero-order valence-corrected chi connectivity index (χ0v) is 16.0. The molecule has 4 nitrogen and oxygen atoms in total. The summed E-state index contributed by atoms with van der Waals surface area (Å²) in [6.45, 7) is 6.73. The van der Waals surface area contributed by atoms with Crippen LogP contribution in [0.25, 0.3) is 5.69 Å². The molecule has 0 aliphatic carbocycles. The Morgan fingerprint density at radius 2 is 1.88 bits per heavy atom. The quantitative estimate of drug-likeness (QED) is 0.601. The van der Waals surface area contributed by atoms with Gasteiger partial charge >= 0.3 is 0 Å². The van der Waals surface area contributed by atoms with Crippen LogP contribution < -0.4 is 10.3 Å². The molecule has 0 fully saturated rings. The lowest BCUT2D eigenvalue weighted by molar-refractivity contribution is 0.340. The first kappa shape index (κ1) is 18.3. The van der Waals surface area contributed by atoms with Crippen LogP contribution in [0.2, 0.25) is 0 Å². The first-order valence-corrected chi connectivity index (χ1v) is 9.57. The Kier molecular flexibility index (Phi) is 5.78. The van der Waals surface area contributed by atoms with Gasteiger partial charge in [-0.2, -0.15) is 0 Å². The summed E-state index contributed by atoms with van der Waals surface area (Å²) in [5.74, 6) is 1.52. The highest BCUT2D eigenvalue weighted by atomic mass is 32.2. The second-order valence-corrected chi connectivity index (χ2v) is 7.02. The molecule has 1 heterocycles. The summed E-state index contributed by atoms with van der Waals surface area (Å²) >= 11 is 1.47. The highest BCUT2D eigenvalue weighted by molar-refractivity contribution is 7.98. The monoisotopic (exact) mass is 366 g/mol. The van der Waals surface area contributed by atoms with Gasteiger partial charge in [0.25, 0.3) is 5.56 Å². The fraction of sp³-hybridized carbons (Fsp3) is 0.238. The van der Waals surface area contributed by atoms with E-state index in [0.29, 0.717) is 11.6 Å². The van der Waals surface area contributed by atoms with Gasteiger partial charge in [-0.05, 0) is 56.2 Å². The van der Waals surface area contributed by atoms with Crippen molar-refractivity contribution < 1.29 is 4.74 Å². The van der Waals surface area contributed by atoms with Crippen LogP contribution in [-0.4, -0.2) is 16.2 Å². The van der Waals surface area contributed by atoms with E-state index in [2.05, 4.69) is 37.0 Å². The predicted octanol–water partition coefficient (Wildman–Crippen LogP) is 4.54. The molecule has 3 aromatic rings. The molecule has 0 radical (unpaired) electrons. The number of hydrogen-bond donors (Lipinski definition) is 0. The van der Waals surface area contributed by atoms with Crippen molar-refractivity contribution in [1.29, 1.82) is 0 Å². The third kappa shape index (κ3) is 4.17. The van der Waals surface area contributed by atoms with E-state index >= 15 is 0 Å². The highest BCUT2D eigenvalue weighted by Gasteiger charge is 2.09. The molecule has 0 spiro atoms. The smallest absolute Gasteiger partial charge is 0.287 e. The van der Waals surface area contributed by atoms with Crippen LogP contribution in [0.5, 0.6) is 5.75 Å². The Morgan fingerprint density at radius 3 is 2.62 bits per heavy atom. The van der Waals surface area contributed by atoms with E-state index in [1.807, 2.05) is 31.2 Å². The fourth-order valence-electron chi connectivity index (χ4n) is 2.67. The van der Waals surface area contributed by atoms with Gasteiger partial charge in [0.15, 0.2) is 5.03 Å². The molecule has 1 aromatic heterocycles. The van der Waals surface area contributed by atoms with Gasteiger partial charge in [0.1, 0.15) is 5.75 Å². The largest absolute Gasteiger partial charge is 0.494 e. The third-order valence-electron chi connectivity index (χ3n) is 4.10. The zero-order chi connectivity index (χ0) is 18.5. The molecule has 3 rings (SSSR count). The fourth-order valence-corrected chi connectivity index (χ4v) is 3.63. The molecule has 2 aromatic carbocycles. The van der Waals surface area contributed by atoms with E-state index in [0.717, 1.165) is 17.2 Å². The molecule has 0 aliphatic rings. The summed E-state index contributed by atoms with van der Waals surface area (Å²) < 4.78 is 7.07. The first-order chi connectivity index (χ1) is 12.6. The molecule has 0 amide bonds. The van der Waals surface area contributed by atoms with E-state index < -0.39 is 0 Å². The molecule has 0 aliphatic heterocycles. The van der Waals surface area contributed by atoms with Crippen molar-refractivity contribution in [2.24, 2.45) is 0 Å². The number of rotatable bonds is 6. The SMILES string of the molecule is CCOc1ccc(-n2ccnc(SCc3cc(C)ccc3C)c2=O)cc1. The van der Waals surface area contributed by atoms with E-state index in [1.165, 1.54) is 28.5 Å². The third-order valence-corrected chi connectivity index (χ3v) is 5.11. The van der Waals surface area contributed by atoms with Gasteiger partial charge in [-0.25, -0.2) is 4.98 Å². The Hall–Kier alpha value is -2.53. The van der Waals surface area contributed by atoms with Crippen molar-refractivity contribution in [3.05, 3.63) is 81.9 Å². The Bertz CT molecular complexity index is 949. The van der Waals surface area contributed by atoms with E-state index in [9.17, 15) is 4.79 Å². The summed E-state index contributed by atoms with van der Waals surface area (Å²) in [6, 6.07) is 13.9. The lowest BCUT2D eigenvalue weighted by atomic mass is 10.1. The van der Waals surface area contributed by atoms with Crippen molar-refractivity contribution in [2.45, 2.75) is 31.6 Å². The summed E-state index contributed by atoms with van der Waals surface area (Å²) in [5.41, 5.74) is 4.37. The summed E-state index contributed by atoms with van der Waals surface area (Å²) in [5, 5.41) is 0.502. The minimum absolute atomic E-state index is 0.105. The Balaban J connectivity index is 1.83. The number of aryl methyl sites for hydroxylation is 2. The maximum atomic E-state index is 12.8. The van der Waals surface area contributed by atoms with Crippen LogP contribution in [0.4, 0.5) is 0 Å². The van der Waals surface area contributed by atoms with Gasteiger partial charge in [-0.15, -0.1) is 0 Å². The van der Waals surface area contributed by atoms with Gasteiger partial charge in [0, 0.05) is 23.8 Å².